The molecule has 4 aliphatic rings. The first-order valence-electron chi connectivity index (χ1n) is 11.3. The van der Waals surface area contributed by atoms with Gasteiger partial charge in [0.05, 0.1) is 6.04 Å². The van der Waals surface area contributed by atoms with Crippen LogP contribution in [-0.4, -0.2) is 53.9 Å². The molecule has 1 aliphatic carbocycles. The largest absolute Gasteiger partial charge is 0.323 e. The van der Waals surface area contributed by atoms with Crippen LogP contribution in [0.25, 0.3) is 5.57 Å². The molecule has 5 rings (SSSR count). The molecule has 4 bridgehead atoms. The normalized spacial score (nSPS) is 27.7. The third kappa shape index (κ3) is 5.47. The zero-order chi connectivity index (χ0) is 20.1. The quantitative estimate of drug-likeness (QED) is 0.765. The van der Waals surface area contributed by atoms with E-state index in [-0.39, 0.29) is 6.03 Å². The van der Waals surface area contributed by atoms with E-state index in [9.17, 15) is 4.79 Å². The number of nitrogens with zero attached hydrogens (tertiary/aromatic N) is 3. The summed E-state index contributed by atoms with van der Waals surface area (Å²) < 4.78 is 0. The van der Waals surface area contributed by atoms with Gasteiger partial charge in [0.25, 0.3) is 0 Å². The van der Waals surface area contributed by atoms with Gasteiger partial charge in [-0.2, -0.15) is 0 Å². The molecule has 1 saturated carbocycles. The lowest BCUT2D eigenvalue weighted by molar-refractivity contribution is 0.189. The average molecular weight is 395 g/mol. The molecule has 0 aromatic heterocycles. The zero-order valence-electron chi connectivity index (χ0n) is 17.7. The molecule has 5 nitrogen and oxygen atoms in total. The molecule has 1 aromatic carbocycles. The van der Waals surface area contributed by atoms with Crippen molar-refractivity contribution in [3.8, 4) is 0 Å². The maximum atomic E-state index is 13.0. The number of carbonyl (C=O) groups is 1. The van der Waals surface area contributed by atoms with Crippen LogP contribution in [-0.2, 0) is 6.54 Å². The van der Waals surface area contributed by atoms with Crippen LogP contribution in [0, 0.1) is 0 Å². The van der Waals surface area contributed by atoms with Crippen LogP contribution in [0.2, 0.25) is 0 Å². The van der Waals surface area contributed by atoms with Gasteiger partial charge in [0, 0.05) is 39.1 Å². The summed E-state index contributed by atoms with van der Waals surface area (Å²) in [6.45, 7) is 6.40. The Morgan fingerprint density at radius 3 is 2.59 bits per heavy atom. The molecule has 3 aliphatic heterocycles. The second-order valence-corrected chi connectivity index (χ2v) is 8.68. The van der Waals surface area contributed by atoms with Crippen molar-refractivity contribution in [3.05, 3.63) is 41.5 Å². The van der Waals surface area contributed by atoms with E-state index >= 15 is 0 Å². The molecular weight excluding hydrogens is 360 g/mol. The number of aliphatic imine (C=N–C) groups is 1. The maximum absolute atomic E-state index is 13.0. The Kier molecular flexibility index (Phi) is 6.65. The molecule has 2 fully saturated rings. The zero-order valence-corrected chi connectivity index (χ0v) is 17.7. The van der Waals surface area contributed by atoms with Crippen molar-refractivity contribution < 1.29 is 4.79 Å². The van der Waals surface area contributed by atoms with E-state index < -0.39 is 0 Å². The molecule has 5 heteroatoms. The van der Waals surface area contributed by atoms with Gasteiger partial charge >= 0.3 is 6.03 Å². The first-order valence-corrected chi connectivity index (χ1v) is 11.3. The highest BCUT2D eigenvalue weighted by Crippen LogP contribution is 2.21. The highest BCUT2D eigenvalue weighted by Gasteiger charge is 2.22. The van der Waals surface area contributed by atoms with Gasteiger partial charge in [0.2, 0.25) is 0 Å². The average Bonchev–Trinajstić information content (AvgIpc) is 2.81. The summed E-state index contributed by atoms with van der Waals surface area (Å²) in [6, 6.07) is 9.34. The molecule has 29 heavy (non-hydrogen) atoms. The number of nitrogens with one attached hydrogen (secondary N) is 1. The minimum atomic E-state index is 0.0156. The molecule has 1 atom stereocenters. The number of urea groups is 1. The SMILES string of the molecule is C/C1=C/CCN2CCN(CCC(=NC3CCCCC3)NC2=O)Cc2ccc1cc2. The fourth-order valence-electron chi connectivity index (χ4n) is 4.59. The molecule has 156 valence electrons. The summed E-state index contributed by atoms with van der Waals surface area (Å²) in [4.78, 5) is 22.4. The topological polar surface area (TPSA) is 47.9 Å². The lowest BCUT2D eigenvalue weighted by atomic mass is 9.96. The van der Waals surface area contributed by atoms with Gasteiger partial charge in [-0.05, 0) is 42.9 Å². The summed E-state index contributed by atoms with van der Waals surface area (Å²) in [6.07, 6.45) is 10.1. The van der Waals surface area contributed by atoms with E-state index in [1.54, 1.807) is 0 Å². The lowest BCUT2D eigenvalue weighted by Gasteiger charge is -2.25. The monoisotopic (exact) mass is 394 g/mol. The standard InChI is InChI=1S/C24H34N4O/c1-19-6-5-14-28-17-16-27(18-20-9-11-21(19)12-10-20)15-13-23(26-24(28)29)25-22-7-3-2-4-8-22/h6,9-12,22H,2-5,7-8,13-18H2,1H3,(H,25,26,29)/b19-6-. The van der Waals surface area contributed by atoms with Gasteiger partial charge in [-0.25, -0.2) is 4.79 Å². The molecule has 0 spiro atoms. The van der Waals surface area contributed by atoms with Gasteiger partial charge in [0.1, 0.15) is 5.84 Å². The second kappa shape index (κ2) is 9.57. The van der Waals surface area contributed by atoms with Crippen LogP contribution in [0.1, 0.15) is 63.0 Å². The highest BCUT2D eigenvalue weighted by atomic mass is 16.2. The van der Waals surface area contributed by atoms with Gasteiger partial charge in [-0.15, -0.1) is 0 Å². The van der Waals surface area contributed by atoms with Crippen molar-refractivity contribution in [2.45, 2.75) is 64.5 Å². The Morgan fingerprint density at radius 1 is 1.00 bits per heavy atom. The Hall–Kier alpha value is -2.14. The molecular formula is C24H34N4O. The number of fused-ring (bicyclic) bond motifs is 4. The van der Waals surface area contributed by atoms with Gasteiger partial charge in [0.15, 0.2) is 0 Å². The van der Waals surface area contributed by atoms with E-state index in [0.29, 0.717) is 6.04 Å². The van der Waals surface area contributed by atoms with E-state index in [1.807, 2.05) is 4.90 Å². The summed E-state index contributed by atoms with van der Waals surface area (Å²) in [7, 11) is 0. The highest BCUT2D eigenvalue weighted by molar-refractivity contribution is 5.97. The van der Waals surface area contributed by atoms with Crippen LogP contribution < -0.4 is 5.32 Å². The first-order chi connectivity index (χ1) is 14.2. The van der Waals surface area contributed by atoms with Crippen molar-refractivity contribution >= 4 is 17.4 Å². The van der Waals surface area contributed by atoms with Crippen LogP contribution in [0.4, 0.5) is 4.79 Å². The van der Waals surface area contributed by atoms with Gasteiger partial charge < -0.3 is 4.90 Å². The second-order valence-electron chi connectivity index (χ2n) is 8.68. The molecule has 1 N–H and O–H groups in total. The van der Waals surface area contributed by atoms with Crippen LogP contribution in [0.15, 0.2) is 35.3 Å². The van der Waals surface area contributed by atoms with Crippen molar-refractivity contribution in [2.24, 2.45) is 4.99 Å². The number of hydrogen-bond acceptors (Lipinski definition) is 3. The molecule has 3 heterocycles. The minimum absolute atomic E-state index is 0.0156. The first kappa shape index (κ1) is 20.1. The third-order valence-electron chi connectivity index (χ3n) is 6.47. The maximum Gasteiger partial charge on any atom is 0.322 e. The number of carbonyl (C=O) groups excluding carboxylic acids is 1. The fourth-order valence-corrected chi connectivity index (χ4v) is 4.59. The molecule has 1 aromatic rings. The van der Waals surface area contributed by atoms with Crippen molar-refractivity contribution in [1.82, 2.24) is 15.1 Å². The molecule has 2 amide bonds. The van der Waals surface area contributed by atoms with E-state index in [0.717, 1.165) is 64.2 Å². The smallest absolute Gasteiger partial charge is 0.322 e. The third-order valence-corrected chi connectivity index (χ3v) is 6.47. The molecule has 1 saturated heterocycles. The number of benzene rings is 1. The van der Waals surface area contributed by atoms with Crippen molar-refractivity contribution in [3.63, 3.8) is 0 Å². The number of amides is 2. The van der Waals surface area contributed by atoms with Crippen molar-refractivity contribution in [2.75, 3.05) is 26.2 Å². The van der Waals surface area contributed by atoms with E-state index in [1.165, 1.54) is 36.0 Å². The summed E-state index contributed by atoms with van der Waals surface area (Å²) in [5, 5.41) is 3.17. The van der Waals surface area contributed by atoms with Crippen LogP contribution in [0.3, 0.4) is 0 Å². The Morgan fingerprint density at radius 2 is 1.79 bits per heavy atom. The van der Waals surface area contributed by atoms with Gasteiger partial charge in [-0.1, -0.05) is 49.6 Å². The fraction of sp³-hybridized carbons (Fsp3) is 0.583. The number of rotatable bonds is 1. The Balaban J connectivity index is 1.58. The van der Waals surface area contributed by atoms with E-state index in [2.05, 4.69) is 47.5 Å². The Bertz CT molecular complexity index is 762. The van der Waals surface area contributed by atoms with Crippen LogP contribution >= 0.6 is 0 Å². The predicted octanol–water partition coefficient (Wildman–Crippen LogP) is 4.44. The molecule has 1 unspecified atom stereocenters. The predicted molar refractivity (Wildman–Crippen MR) is 119 cm³/mol. The number of amidine groups is 1. The lowest BCUT2D eigenvalue weighted by Crippen LogP contribution is -2.44. The summed E-state index contributed by atoms with van der Waals surface area (Å²) >= 11 is 0. The van der Waals surface area contributed by atoms with E-state index in [4.69, 9.17) is 4.99 Å². The minimum Gasteiger partial charge on any atom is -0.323 e. The molecule has 0 radical (unpaired) electrons. The number of allylic oxidation sites excluding steroid dienone is 1. The Labute approximate surface area is 174 Å². The summed E-state index contributed by atoms with van der Waals surface area (Å²) in [5.41, 5.74) is 3.88. The van der Waals surface area contributed by atoms with Crippen LogP contribution in [0.5, 0.6) is 0 Å². The van der Waals surface area contributed by atoms with Crippen molar-refractivity contribution in [1.29, 1.82) is 0 Å². The summed E-state index contributed by atoms with van der Waals surface area (Å²) in [5.74, 6) is 0.882. The van der Waals surface area contributed by atoms with Gasteiger partial charge in [-0.3, -0.25) is 15.2 Å². The number of hydrogen-bond donors (Lipinski definition) is 1.